The first-order chi connectivity index (χ1) is 13.5. The van der Waals surface area contributed by atoms with Crippen LogP contribution in [0.1, 0.15) is 57.9 Å². The minimum Gasteiger partial charge on any atom is -0.468 e. The quantitative estimate of drug-likeness (QED) is 0.703. The Morgan fingerprint density at radius 1 is 1.24 bits per heavy atom. The maximum Gasteiger partial charge on any atom is 0.291 e. The van der Waals surface area contributed by atoms with E-state index in [2.05, 4.69) is 0 Å². The minimum absolute atomic E-state index is 0.0984. The normalized spacial score (nSPS) is 20.8. The van der Waals surface area contributed by atoms with Gasteiger partial charge in [-0.2, -0.15) is 0 Å². The summed E-state index contributed by atoms with van der Waals surface area (Å²) in [4.78, 5) is 37.3. The molecule has 0 spiro atoms. The van der Waals surface area contributed by atoms with Gasteiger partial charge in [0.25, 0.3) is 5.95 Å². The number of ether oxygens (including phenoxy) is 1. The molecule has 0 radical (unpaired) electrons. The van der Waals surface area contributed by atoms with Crippen molar-refractivity contribution < 1.29 is 18.7 Å². The molecule has 0 saturated carbocycles. The van der Waals surface area contributed by atoms with Crippen molar-refractivity contribution in [3.63, 3.8) is 0 Å². The third kappa shape index (κ3) is 4.04. The molecule has 0 aromatic carbocycles. The molecule has 0 N–H and O–H groups in total. The highest BCUT2D eigenvalue weighted by molar-refractivity contribution is 6.06. The Morgan fingerprint density at radius 2 is 1.86 bits per heavy atom. The van der Waals surface area contributed by atoms with E-state index in [4.69, 9.17) is 9.15 Å². The van der Waals surface area contributed by atoms with E-state index in [1.807, 2.05) is 39.8 Å². The minimum atomic E-state index is -0.849. The topological polar surface area (TPSA) is 73.6 Å². The molecule has 0 amide bonds. The first kappa shape index (κ1) is 22.6. The molecule has 1 aliphatic rings. The Bertz CT molecular complexity index is 1000. The fourth-order valence-corrected chi connectivity index (χ4v) is 3.98. The number of hydrogen-bond acceptors (Lipinski definition) is 5. The summed E-state index contributed by atoms with van der Waals surface area (Å²) in [5, 5.41) is 0. The molecule has 1 aliphatic carbocycles. The van der Waals surface area contributed by atoms with E-state index in [1.165, 1.54) is 7.11 Å². The van der Waals surface area contributed by atoms with Gasteiger partial charge in [-0.3, -0.25) is 14.4 Å². The zero-order valence-electron chi connectivity index (χ0n) is 18.6. The van der Waals surface area contributed by atoms with Crippen LogP contribution in [-0.2, 0) is 15.0 Å². The lowest BCUT2D eigenvalue weighted by molar-refractivity contribution is -0.120. The Morgan fingerprint density at radius 3 is 2.41 bits per heavy atom. The molecule has 1 aromatic heterocycles. The van der Waals surface area contributed by atoms with Crippen LogP contribution < -0.4 is 10.2 Å². The predicted octanol–water partition coefficient (Wildman–Crippen LogP) is 4.54. The standard InChI is InChI=1S/C24H30O5/c1-9-19(25)14(3)10-13(2)18-11-20(26)15(4)12-24(18,7)22-16(5)21(27)17(6)23(28-8)29-22/h10-12,14H,9H2,1-8H3/b13-10+/t14-,24?/m0/s1. The monoisotopic (exact) mass is 398 g/mol. The van der Waals surface area contributed by atoms with Crippen LogP contribution in [0.3, 0.4) is 0 Å². The number of rotatable bonds is 6. The smallest absolute Gasteiger partial charge is 0.291 e. The van der Waals surface area contributed by atoms with Crippen LogP contribution >= 0.6 is 0 Å². The Hall–Kier alpha value is -2.69. The van der Waals surface area contributed by atoms with Crippen LogP contribution in [-0.4, -0.2) is 18.7 Å². The molecule has 1 aromatic rings. The van der Waals surface area contributed by atoms with Crippen LogP contribution in [0.5, 0.6) is 5.95 Å². The first-order valence-electron chi connectivity index (χ1n) is 9.84. The third-order valence-electron chi connectivity index (χ3n) is 5.69. The molecule has 1 heterocycles. The lowest BCUT2D eigenvalue weighted by Crippen LogP contribution is -2.31. The van der Waals surface area contributed by atoms with Gasteiger partial charge in [-0.15, -0.1) is 0 Å². The van der Waals surface area contributed by atoms with Gasteiger partial charge in [0.1, 0.15) is 11.5 Å². The van der Waals surface area contributed by atoms with Gasteiger partial charge in [-0.05, 0) is 57.4 Å². The first-order valence-corrected chi connectivity index (χ1v) is 9.84. The molecule has 2 atom stereocenters. The Labute approximate surface area is 172 Å². The van der Waals surface area contributed by atoms with Gasteiger partial charge >= 0.3 is 0 Å². The fourth-order valence-electron chi connectivity index (χ4n) is 3.98. The van der Waals surface area contributed by atoms with Gasteiger partial charge in [0.05, 0.1) is 18.1 Å². The average Bonchev–Trinajstić information content (AvgIpc) is 2.68. The predicted molar refractivity (Wildman–Crippen MR) is 113 cm³/mol. The van der Waals surface area contributed by atoms with Gasteiger partial charge in [0.15, 0.2) is 11.2 Å². The van der Waals surface area contributed by atoms with Crippen molar-refractivity contribution in [3.8, 4) is 5.95 Å². The molecule has 5 nitrogen and oxygen atoms in total. The molecule has 5 heteroatoms. The molecule has 29 heavy (non-hydrogen) atoms. The Kier molecular flexibility index (Phi) is 6.51. The second-order valence-corrected chi connectivity index (χ2v) is 7.91. The van der Waals surface area contributed by atoms with Crippen molar-refractivity contribution >= 4 is 11.6 Å². The number of carbonyl (C=O) groups excluding carboxylic acids is 2. The van der Waals surface area contributed by atoms with E-state index in [1.54, 1.807) is 26.8 Å². The van der Waals surface area contributed by atoms with Crippen molar-refractivity contribution in [2.24, 2.45) is 5.92 Å². The number of methoxy groups -OCH3 is 1. The molecule has 0 aliphatic heterocycles. The van der Waals surface area contributed by atoms with Crippen molar-refractivity contribution in [1.82, 2.24) is 0 Å². The van der Waals surface area contributed by atoms with Crippen LogP contribution in [0.2, 0.25) is 0 Å². The lowest BCUT2D eigenvalue weighted by atomic mass is 9.70. The summed E-state index contributed by atoms with van der Waals surface area (Å²) < 4.78 is 11.3. The number of hydrogen-bond donors (Lipinski definition) is 0. The molecule has 156 valence electrons. The molecular weight excluding hydrogens is 368 g/mol. The van der Waals surface area contributed by atoms with E-state index < -0.39 is 5.41 Å². The summed E-state index contributed by atoms with van der Waals surface area (Å²) in [6, 6.07) is 0. The number of allylic oxidation sites excluding steroid dienone is 6. The summed E-state index contributed by atoms with van der Waals surface area (Å²) in [6.07, 6.45) is 5.73. The van der Waals surface area contributed by atoms with Crippen molar-refractivity contribution in [2.75, 3.05) is 7.11 Å². The summed E-state index contributed by atoms with van der Waals surface area (Å²) in [7, 11) is 1.46. The molecule has 2 rings (SSSR count). The summed E-state index contributed by atoms with van der Waals surface area (Å²) >= 11 is 0. The fraction of sp³-hybridized carbons (Fsp3) is 0.458. The van der Waals surface area contributed by atoms with Crippen LogP contribution in [0.4, 0.5) is 0 Å². The largest absolute Gasteiger partial charge is 0.468 e. The Balaban J connectivity index is 2.76. The molecular formula is C24H30O5. The van der Waals surface area contributed by atoms with Gasteiger partial charge < -0.3 is 9.15 Å². The molecule has 0 saturated heterocycles. The SMILES string of the molecule is CCC(=O)[C@@H](C)/C=C(\C)C1=CC(=O)C(C)=CC1(C)c1oc(OC)c(C)c(=O)c1C. The molecule has 1 unspecified atom stereocenters. The highest BCUT2D eigenvalue weighted by Gasteiger charge is 2.39. The highest BCUT2D eigenvalue weighted by atomic mass is 16.6. The number of Topliss-reactive ketones (excluding diaryl/α,β-unsaturated/α-hetero) is 1. The molecule has 0 fully saturated rings. The van der Waals surface area contributed by atoms with E-state index in [9.17, 15) is 14.4 Å². The third-order valence-corrected chi connectivity index (χ3v) is 5.69. The summed E-state index contributed by atoms with van der Waals surface area (Å²) in [5.74, 6) is 0.354. The van der Waals surface area contributed by atoms with Crippen molar-refractivity contribution in [1.29, 1.82) is 0 Å². The van der Waals surface area contributed by atoms with E-state index >= 15 is 0 Å². The summed E-state index contributed by atoms with van der Waals surface area (Å²) in [5.41, 5.74) is 1.97. The zero-order chi connectivity index (χ0) is 22.1. The van der Waals surface area contributed by atoms with Crippen LogP contribution in [0.15, 0.2) is 44.2 Å². The second kappa shape index (κ2) is 8.36. The molecule has 0 bridgehead atoms. The van der Waals surface area contributed by atoms with Gasteiger partial charge in [-0.25, -0.2) is 0 Å². The average molecular weight is 398 g/mol. The summed E-state index contributed by atoms with van der Waals surface area (Å²) in [6.45, 7) is 12.6. The van der Waals surface area contributed by atoms with Gasteiger partial charge in [-0.1, -0.05) is 26.0 Å². The van der Waals surface area contributed by atoms with Crippen molar-refractivity contribution in [3.05, 3.63) is 62.1 Å². The van der Waals surface area contributed by atoms with Gasteiger partial charge in [0.2, 0.25) is 0 Å². The number of ketones is 2. The van der Waals surface area contributed by atoms with Crippen molar-refractivity contribution in [2.45, 2.75) is 60.3 Å². The van der Waals surface area contributed by atoms with E-state index in [0.29, 0.717) is 34.5 Å². The van der Waals surface area contributed by atoms with Crippen LogP contribution in [0.25, 0.3) is 0 Å². The second-order valence-electron chi connectivity index (χ2n) is 7.91. The zero-order valence-corrected chi connectivity index (χ0v) is 18.6. The van der Waals surface area contributed by atoms with E-state index in [-0.39, 0.29) is 28.9 Å². The highest BCUT2D eigenvalue weighted by Crippen LogP contribution is 2.43. The maximum atomic E-state index is 12.8. The number of carbonyl (C=O) groups is 2. The van der Waals surface area contributed by atoms with E-state index in [0.717, 1.165) is 5.57 Å². The van der Waals surface area contributed by atoms with Crippen LogP contribution in [0, 0.1) is 19.8 Å². The van der Waals surface area contributed by atoms with Gasteiger partial charge in [0, 0.05) is 17.9 Å². The lowest BCUT2D eigenvalue weighted by Gasteiger charge is -2.33. The maximum absolute atomic E-state index is 12.8.